The van der Waals surface area contributed by atoms with Gasteiger partial charge in [-0.05, 0) is 31.0 Å². The van der Waals surface area contributed by atoms with E-state index < -0.39 is 11.6 Å². The molecular formula is C18H23F2N5O. The summed E-state index contributed by atoms with van der Waals surface area (Å²) in [4.78, 5) is 12.7. The first-order valence-corrected chi connectivity index (χ1v) is 8.61. The minimum Gasteiger partial charge on any atom is -0.396 e. The number of aryl methyl sites for hydroxylation is 1. The molecule has 0 aliphatic carbocycles. The molecule has 1 saturated heterocycles. The Hall–Kier alpha value is -2.32. The summed E-state index contributed by atoms with van der Waals surface area (Å²) in [6.45, 7) is 4.53. The third kappa shape index (κ3) is 4.25. The molecule has 1 aromatic heterocycles. The van der Waals surface area contributed by atoms with Crippen LogP contribution < -0.4 is 10.6 Å². The third-order valence-corrected chi connectivity index (χ3v) is 4.62. The second-order valence-corrected chi connectivity index (χ2v) is 6.56. The molecule has 6 nitrogen and oxygen atoms in total. The first-order valence-electron chi connectivity index (χ1n) is 8.61. The predicted octanol–water partition coefficient (Wildman–Crippen LogP) is 1.72. The molecule has 1 aliphatic heterocycles. The Labute approximate surface area is 151 Å². The SMILES string of the molecule is Cc1cc(N2CCN(Cc3ccc(F)c(F)c3)[C@@H](CCO)C2)nc(N)n1. The highest BCUT2D eigenvalue weighted by molar-refractivity contribution is 5.44. The van der Waals surface area contributed by atoms with Gasteiger partial charge < -0.3 is 15.7 Å². The number of nitrogens with zero attached hydrogens (tertiary/aromatic N) is 4. The zero-order valence-electron chi connectivity index (χ0n) is 14.7. The highest BCUT2D eigenvalue weighted by atomic mass is 19.2. The lowest BCUT2D eigenvalue weighted by Crippen LogP contribution is -2.53. The Bertz CT molecular complexity index is 753. The molecule has 3 rings (SSSR count). The quantitative estimate of drug-likeness (QED) is 0.842. The molecule has 8 heteroatoms. The highest BCUT2D eigenvalue weighted by Gasteiger charge is 2.28. The summed E-state index contributed by atoms with van der Waals surface area (Å²) in [7, 11) is 0. The maximum atomic E-state index is 13.5. The van der Waals surface area contributed by atoms with Crippen LogP contribution in [-0.2, 0) is 6.54 Å². The van der Waals surface area contributed by atoms with E-state index in [2.05, 4.69) is 19.8 Å². The second kappa shape index (κ2) is 7.92. The van der Waals surface area contributed by atoms with Gasteiger partial charge in [0.1, 0.15) is 5.82 Å². The second-order valence-electron chi connectivity index (χ2n) is 6.56. The van der Waals surface area contributed by atoms with Crippen molar-refractivity contribution in [1.29, 1.82) is 0 Å². The van der Waals surface area contributed by atoms with Crippen molar-refractivity contribution in [3.05, 3.63) is 47.2 Å². The molecule has 0 bridgehead atoms. The summed E-state index contributed by atoms with van der Waals surface area (Å²) in [5, 5.41) is 9.43. The van der Waals surface area contributed by atoms with Gasteiger partial charge in [-0.2, -0.15) is 4.98 Å². The van der Waals surface area contributed by atoms with Crippen molar-refractivity contribution in [3.63, 3.8) is 0 Å². The van der Waals surface area contributed by atoms with E-state index in [0.29, 0.717) is 31.6 Å². The highest BCUT2D eigenvalue weighted by Crippen LogP contribution is 2.22. The van der Waals surface area contributed by atoms with E-state index in [0.717, 1.165) is 24.1 Å². The number of rotatable bonds is 5. The smallest absolute Gasteiger partial charge is 0.222 e. The molecule has 1 fully saturated rings. The molecular weight excluding hydrogens is 340 g/mol. The molecule has 0 radical (unpaired) electrons. The zero-order chi connectivity index (χ0) is 18.7. The topological polar surface area (TPSA) is 78.5 Å². The average molecular weight is 363 g/mol. The van der Waals surface area contributed by atoms with Crippen LogP contribution in [0.4, 0.5) is 20.5 Å². The van der Waals surface area contributed by atoms with Crippen molar-refractivity contribution in [3.8, 4) is 0 Å². The normalized spacial score (nSPS) is 18.3. The number of aliphatic hydroxyl groups is 1. The van der Waals surface area contributed by atoms with Gasteiger partial charge in [0, 0.05) is 50.6 Å². The number of aliphatic hydroxyl groups excluding tert-OH is 1. The number of nitrogen functional groups attached to an aromatic ring is 1. The molecule has 1 aliphatic rings. The van der Waals surface area contributed by atoms with Crippen LogP contribution in [0.15, 0.2) is 24.3 Å². The molecule has 2 aromatic rings. The van der Waals surface area contributed by atoms with Crippen LogP contribution in [0, 0.1) is 18.6 Å². The van der Waals surface area contributed by atoms with Gasteiger partial charge in [-0.15, -0.1) is 0 Å². The number of anilines is 2. The predicted molar refractivity (Wildman–Crippen MR) is 95.7 cm³/mol. The molecule has 3 N–H and O–H groups in total. The van der Waals surface area contributed by atoms with Crippen molar-refractivity contribution in [2.75, 3.05) is 36.9 Å². The monoisotopic (exact) mass is 363 g/mol. The minimum atomic E-state index is -0.845. The maximum Gasteiger partial charge on any atom is 0.222 e. The number of aromatic nitrogens is 2. The average Bonchev–Trinajstić information content (AvgIpc) is 2.59. The maximum absolute atomic E-state index is 13.5. The number of halogens is 2. The number of nitrogens with two attached hydrogens (primary N) is 1. The molecule has 0 spiro atoms. The molecule has 2 heterocycles. The number of hydrogen-bond acceptors (Lipinski definition) is 6. The van der Waals surface area contributed by atoms with Crippen molar-refractivity contribution in [1.82, 2.24) is 14.9 Å². The van der Waals surface area contributed by atoms with Crippen LogP contribution in [0.5, 0.6) is 0 Å². The summed E-state index contributed by atoms with van der Waals surface area (Å²) in [5.74, 6) is -0.678. The zero-order valence-corrected chi connectivity index (χ0v) is 14.7. The first kappa shape index (κ1) is 18.5. The van der Waals surface area contributed by atoms with Gasteiger partial charge in [-0.25, -0.2) is 13.8 Å². The number of benzene rings is 1. The van der Waals surface area contributed by atoms with Gasteiger partial charge >= 0.3 is 0 Å². The van der Waals surface area contributed by atoms with Crippen molar-refractivity contribution >= 4 is 11.8 Å². The number of hydrogen-bond donors (Lipinski definition) is 2. The van der Waals surface area contributed by atoms with Gasteiger partial charge in [0.05, 0.1) is 0 Å². The van der Waals surface area contributed by atoms with Gasteiger partial charge in [0.25, 0.3) is 0 Å². The van der Waals surface area contributed by atoms with E-state index in [1.165, 1.54) is 6.07 Å². The summed E-state index contributed by atoms with van der Waals surface area (Å²) in [5.41, 5.74) is 7.26. The Morgan fingerprint density at radius 1 is 1.19 bits per heavy atom. The van der Waals surface area contributed by atoms with E-state index in [9.17, 15) is 13.9 Å². The lowest BCUT2D eigenvalue weighted by atomic mass is 10.1. The Morgan fingerprint density at radius 3 is 2.69 bits per heavy atom. The molecule has 0 amide bonds. The minimum absolute atomic E-state index is 0.0533. The standard InChI is InChI=1S/C18H23F2N5O/c1-12-8-17(23-18(21)22-12)25-6-5-24(14(11-25)4-7-26)10-13-2-3-15(19)16(20)9-13/h2-3,8-9,14,26H,4-7,10-11H2,1H3,(H2,21,22,23)/t14-/m0/s1. The summed E-state index contributed by atoms with van der Waals surface area (Å²) < 4.78 is 26.6. The largest absolute Gasteiger partial charge is 0.396 e. The lowest BCUT2D eigenvalue weighted by Gasteiger charge is -2.42. The fraction of sp³-hybridized carbons (Fsp3) is 0.444. The van der Waals surface area contributed by atoms with E-state index in [1.54, 1.807) is 6.07 Å². The fourth-order valence-corrected chi connectivity index (χ4v) is 3.34. The summed E-state index contributed by atoms with van der Waals surface area (Å²) in [6, 6.07) is 5.92. The van der Waals surface area contributed by atoms with Crippen molar-refractivity contribution in [2.24, 2.45) is 0 Å². The Morgan fingerprint density at radius 2 is 2.00 bits per heavy atom. The molecule has 0 unspecified atom stereocenters. The van der Waals surface area contributed by atoms with Gasteiger partial charge in [0.2, 0.25) is 5.95 Å². The lowest BCUT2D eigenvalue weighted by molar-refractivity contribution is 0.135. The van der Waals surface area contributed by atoms with Crippen LogP contribution in [0.1, 0.15) is 17.7 Å². The van der Waals surface area contributed by atoms with E-state index >= 15 is 0 Å². The van der Waals surface area contributed by atoms with Crippen LogP contribution in [0.25, 0.3) is 0 Å². The fourth-order valence-electron chi connectivity index (χ4n) is 3.34. The van der Waals surface area contributed by atoms with E-state index in [1.807, 2.05) is 13.0 Å². The Balaban J connectivity index is 1.74. The van der Waals surface area contributed by atoms with Crippen LogP contribution >= 0.6 is 0 Å². The van der Waals surface area contributed by atoms with Gasteiger partial charge in [-0.3, -0.25) is 4.90 Å². The Kier molecular flexibility index (Phi) is 5.63. The van der Waals surface area contributed by atoms with E-state index in [-0.39, 0.29) is 18.6 Å². The van der Waals surface area contributed by atoms with Crippen LogP contribution in [0.3, 0.4) is 0 Å². The molecule has 0 saturated carbocycles. The summed E-state index contributed by atoms with van der Waals surface area (Å²) >= 11 is 0. The van der Waals surface area contributed by atoms with Gasteiger partial charge in [0.15, 0.2) is 11.6 Å². The van der Waals surface area contributed by atoms with E-state index in [4.69, 9.17) is 5.73 Å². The van der Waals surface area contributed by atoms with Gasteiger partial charge in [-0.1, -0.05) is 6.07 Å². The van der Waals surface area contributed by atoms with Crippen molar-refractivity contribution in [2.45, 2.75) is 25.9 Å². The van der Waals surface area contributed by atoms with Crippen LogP contribution in [0.2, 0.25) is 0 Å². The molecule has 1 aromatic carbocycles. The summed E-state index contributed by atoms with van der Waals surface area (Å²) in [6.07, 6.45) is 0.583. The molecule has 140 valence electrons. The first-order chi connectivity index (χ1) is 12.5. The van der Waals surface area contributed by atoms with Crippen molar-refractivity contribution < 1.29 is 13.9 Å². The van der Waals surface area contributed by atoms with Crippen LogP contribution in [-0.4, -0.2) is 52.3 Å². The molecule has 26 heavy (non-hydrogen) atoms. The number of piperazine rings is 1. The third-order valence-electron chi connectivity index (χ3n) is 4.62. The molecule has 1 atom stereocenters.